The number of nitrogens with one attached hydrogen (secondary N) is 1. The Bertz CT molecular complexity index is 587. The van der Waals surface area contributed by atoms with E-state index in [2.05, 4.69) is 21.2 Å². The molecule has 0 radical (unpaired) electrons. The summed E-state index contributed by atoms with van der Waals surface area (Å²) < 4.78 is 0.960. The Balaban J connectivity index is 1.87. The monoisotopic (exact) mass is 370 g/mol. The zero-order valence-corrected chi connectivity index (χ0v) is 14.1. The van der Waals surface area contributed by atoms with Crippen LogP contribution in [0.25, 0.3) is 0 Å². The van der Waals surface area contributed by atoms with Gasteiger partial charge in [0, 0.05) is 19.9 Å². The van der Waals surface area contributed by atoms with Crippen LogP contribution in [0.5, 0.6) is 0 Å². The van der Waals surface area contributed by atoms with E-state index in [9.17, 15) is 4.79 Å². The maximum atomic E-state index is 11.9. The molecule has 0 aliphatic carbocycles. The number of benzene rings is 1. The smallest absolute Gasteiger partial charge is 0.230 e. The molecule has 0 aliphatic heterocycles. The second-order valence-corrected chi connectivity index (χ2v) is 7.19. The predicted octanol–water partition coefficient (Wildman–Crippen LogP) is 4.06. The minimum atomic E-state index is 0.00951. The Morgan fingerprint density at radius 2 is 2.30 bits per heavy atom. The Kier molecular flexibility index (Phi) is 5.51. The molecule has 2 rings (SSSR count). The molecule has 0 saturated carbocycles. The van der Waals surface area contributed by atoms with E-state index in [-0.39, 0.29) is 11.9 Å². The van der Waals surface area contributed by atoms with Crippen molar-refractivity contribution in [3.63, 3.8) is 0 Å². The molecular weight excluding hydrogens is 356 g/mol. The van der Waals surface area contributed by atoms with Crippen LogP contribution >= 0.6 is 39.0 Å². The first kappa shape index (κ1) is 15.4. The molecule has 106 valence electrons. The van der Waals surface area contributed by atoms with Gasteiger partial charge in [-0.3, -0.25) is 4.79 Å². The van der Waals surface area contributed by atoms with Crippen LogP contribution in [0.3, 0.4) is 0 Å². The van der Waals surface area contributed by atoms with Crippen LogP contribution in [0.1, 0.15) is 17.8 Å². The fourth-order valence-electron chi connectivity index (χ4n) is 1.67. The number of halogens is 1. The number of nitrogens with two attached hydrogens (primary N) is 1. The van der Waals surface area contributed by atoms with E-state index in [0.29, 0.717) is 11.4 Å². The van der Waals surface area contributed by atoms with Crippen LogP contribution in [0.4, 0.5) is 5.69 Å². The van der Waals surface area contributed by atoms with Crippen molar-refractivity contribution in [3.8, 4) is 0 Å². The lowest BCUT2D eigenvalue weighted by Crippen LogP contribution is -2.27. The van der Waals surface area contributed by atoms with Gasteiger partial charge < -0.3 is 11.1 Å². The lowest BCUT2D eigenvalue weighted by atomic mass is 10.3. The highest BCUT2D eigenvalue weighted by atomic mass is 79.9. The molecule has 0 spiro atoms. The molecular formula is C14H15BrN2OS2. The third kappa shape index (κ3) is 4.26. The van der Waals surface area contributed by atoms with Crippen LogP contribution in [0.15, 0.2) is 45.1 Å². The van der Waals surface area contributed by atoms with Crippen molar-refractivity contribution in [1.29, 1.82) is 0 Å². The first-order valence-electron chi connectivity index (χ1n) is 6.07. The SMILES string of the molecule is CC(NC(=O)CSc1cc(Br)ccc1N)c1cccs1. The third-order valence-electron chi connectivity index (χ3n) is 2.68. The lowest BCUT2D eigenvalue weighted by Gasteiger charge is -2.12. The highest BCUT2D eigenvalue weighted by molar-refractivity contribution is 9.10. The summed E-state index contributed by atoms with van der Waals surface area (Å²) >= 11 is 6.49. The average molecular weight is 371 g/mol. The highest BCUT2D eigenvalue weighted by Gasteiger charge is 2.11. The van der Waals surface area contributed by atoms with E-state index >= 15 is 0 Å². The third-order valence-corrected chi connectivity index (χ3v) is 5.30. The minimum Gasteiger partial charge on any atom is -0.398 e. The summed E-state index contributed by atoms with van der Waals surface area (Å²) in [4.78, 5) is 14.0. The average Bonchev–Trinajstić information content (AvgIpc) is 2.94. The lowest BCUT2D eigenvalue weighted by molar-refractivity contribution is -0.119. The van der Waals surface area contributed by atoms with Gasteiger partial charge in [0.1, 0.15) is 0 Å². The van der Waals surface area contributed by atoms with Gasteiger partial charge in [-0.25, -0.2) is 0 Å². The van der Waals surface area contributed by atoms with Crippen molar-refractivity contribution in [2.45, 2.75) is 17.9 Å². The molecule has 3 nitrogen and oxygen atoms in total. The van der Waals surface area contributed by atoms with Gasteiger partial charge in [0.2, 0.25) is 5.91 Å². The first-order chi connectivity index (χ1) is 9.56. The number of nitrogen functional groups attached to an aromatic ring is 1. The van der Waals surface area contributed by atoms with E-state index in [4.69, 9.17) is 5.73 Å². The molecule has 0 bridgehead atoms. The molecule has 1 unspecified atom stereocenters. The first-order valence-corrected chi connectivity index (χ1v) is 8.72. The number of hydrogen-bond donors (Lipinski definition) is 2. The summed E-state index contributed by atoms with van der Waals surface area (Å²) in [6, 6.07) is 9.70. The number of anilines is 1. The molecule has 1 amide bonds. The molecule has 1 atom stereocenters. The van der Waals surface area contributed by atoms with Gasteiger partial charge in [-0.1, -0.05) is 22.0 Å². The Labute approximate surface area is 135 Å². The molecule has 1 heterocycles. The second kappa shape index (κ2) is 7.15. The fourth-order valence-corrected chi connectivity index (χ4v) is 3.73. The Hall–Kier alpha value is -0.980. The van der Waals surface area contributed by atoms with E-state index in [1.807, 2.05) is 42.6 Å². The minimum absolute atomic E-state index is 0.00951. The van der Waals surface area contributed by atoms with Crippen molar-refractivity contribution in [3.05, 3.63) is 45.1 Å². The predicted molar refractivity (Wildman–Crippen MR) is 90.2 cm³/mol. The number of carbonyl (C=O) groups is 1. The van der Waals surface area contributed by atoms with E-state index in [0.717, 1.165) is 14.2 Å². The zero-order chi connectivity index (χ0) is 14.5. The molecule has 2 aromatic rings. The van der Waals surface area contributed by atoms with Crippen LogP contribution in [0.2, 0.25) is 0 Å². The zero-order valence-electron chi connectivity index (χ0n) is 10.9. The topological polar surface area (TPSA) is 55.1 Å². The maximum Gasteiger partial charge on any atom is 0.230 e. The van der Waals surface area contributed by atoms with Gasteiger partial charge in [0.05, 0.1) is 11.8 Å². The van der Waals surface area contributed by atoms with Crippen LogP contribution < -0.4 is 11.1 Å². The molecule has 1 aromatic carbocycles. The second-order valence-electron chi connectivity index (χ2n) is 4.28. The summed E-state index contributed by atoms with van der Waals surface area (Å²) in [6.45, 7) is 1.99. The summed E-state index contributed by atoms with van der Waals surface area (Å²) in [7, 11) is 0. The van der Waals surface area contributed by atoms with Crippen LogP contribution in [0, 0.1) is 0 Å². The summed E-state index contributed by atoms with van der Waals surface area (Å²) in [5.41, 5.74) is 6.57. The summed E-state index contributed by atoms with van der Waals surface area (Å²) in [6.07, 6.45) is 0. The highest BCUT2D eigenvalue weighted by Crippen LogP contribution is 2.28. The molecule has 0 aliphatic rings. The van der Waals surface area contributed by atoms with Gasteiger partial charge in [0.25, 0.3) is 0 Å². The maximum absolute atomic E-state index is 11.9. The molecule has 3 N–H and O–H groups in total. The number of carbonyl (C=O) groups excluding carboxylic acids is 1. The fraction of sp³-hybridized carbons (Fsp3) is 0.214. The largest absolute Gasteiger partial charge is 0.398 e. The molecule has 1 aromatic heterocycles. The Morgan fingerprint density at radius 3 is 3.00 bits per heavy atom. The van der Waals surface area contributed by atoms with Crippen molar-refractivity contribution < 1.29 is 4.79 Å². The quantitative estimate of drug-likeness (QED) is 0.616. The molecule has 6 heteroatoms. The van der Waals surface area contributed by atoms with Crippen LogP contribution in [-0.2, 0) is 4.79 Å². The van der Waals surface area contributed by atoms with Crippen molar-refractivity contribution >= 4 is 50.6 Å². The van der Waals surface area contributed by atoms with E-state index < -0.39 is 0 Å². The number of hydrogen-bond acceptors (Lipinski definition) is 4. The molecule has 20 heavy (non-hydrogen) atoms. The number of thiophene rings is 1. The van der Waals surface area contributed by atoms with Gasteiger partial charge in [-0.15, -0.1) is 23.1 Å². The Morgan fingerprint density at radius 1 is 1.50 bits per heavy atom. The number of thioether (sulfide) groups is 1. The standard InChI is InChI=1S/C14H15BrN2OS2/c1-9(12-3-2-6-19-12)17-14(18)8-20-13-7-10(15)4-5-11(13)16/h2-7,9H,8,16H2,1H3,(H,17,18). The van der Waals surface area contributed by atoms with Crippen molar-refractivity contribution in [2.24, 2.45) is 0 Å². The number of amides is 1. The van der Waals surface area contributed by atoms with Crippen molar-refractivity contribution in [1.82, 2.24) is 5.32 Å². The van der Waals surface area contributed by atoms with Crippen molar-refractivity contribution in [2.75, 3.05) is 11.5 Å². The van der Waals surface area contributed by atoms with Gasteiger partial charge in [-0.2, -0.15) is 0 Å². The van der Waals surface area contributed by atoms with E-state index in [1.165, 1.54) is 11.8 Å². The van der Waals surface area contributed by atoms with Crippen LogP contribution in [-0.4, -0.2) is 11.7 Å². The summed E-state index contributed by atoms with van der Waals surface area (Å²) in [5.74, 6) is 0.367. The number of rotatable bonds is 5. The van der Waals surface area contributed by atoms with Gasteiger partial charge in [0.15, 0.2) is 0 Å². The van der Waals surface area contributed by atoms with Gasteiger partial charge >= 0.3 is 0 Å². The van der Waals surface area contributed by atoms with Gasteiger partial charge in [-0.05, 0) is 36.6 Å². The normalized spacial score (nSPS) is 12.1. The molecule has 0 fully saturated rings. The van der Waals surface area contributed by atoms with E-state index in [1.54, 1.807) is 11.3 Å². The summed E-state index contributed by atoms with van der Waals surface area (Å²) in [5, 5.41) is 4.99. The molecule has 0 saturated heterocycles.